The van der Waals surface area contributed by atoms with Crippen LogP contribution in [0, 0.1) is 5.41 Å². The van der Waals surface area contributed by atoms with Gasteiger partial charge in [-0.2, -0.15) is 8.42 Å². The molecular formula is C34H33NO5S. The van der Waals surface area contributed by atoms with E-state index in [1.165, 1.54) is 4.90 Å². The molecule has 4 aromatic rings. The zero-order valence-corrected chi connectivity index (χ0v) is 24.2. The van der Waals surface area contributed by atoms with Crippen LogP contribution in [0.3, 0.4) is 0 Å². The van der Waals surface area contributed by atoms with Gasteiger partial charge in [-0.3, -0.25) is 18.7 Å². The monoisotopic (exact) mass is 567 g/mol. The Balaban J connectivity index is 1.60. The molecule has 1 aliphatic heterocycles. The lowest BCUT2D eigenvalue weighted by atomic mass is 9.72. The number of carbonyl (C=O) groups excluding carboxylic acids is 2. The maximum Gasteiger partial charge on any atom is 0.264 e. The van der Waals surface area contributed by atoms with Crippen molar-refractivity contribution in [1.29, 1.82) is 0 Å². The second-order valence-corrected chi connectivity index (χ2v) is 12.5. The lowest BCUT2D eigenvalue weighted by Gasteiger charge is -2.43. The van der Waals surface area contributed by atoms with Gasteiger partial charge >= 0.3 is 0 Å². The third kappa shape index (κ3) is 5.23. The highest BCUT2D eigenvalue weighted by Gasteiger charge is 2.59. The summed E-state index contributed by atoms with van der Waals surface area (Å²) in [6.07, 6.45) is 1.07. The van der Waals surface area contributed by atoms with Crippen molar-refractivity contribution in [1.82, 2.24) is 4.90 Å². The second kappa shape index (κ2) is 11.1. The summed E-state index contributed by atoms with van der Waals surface area (Å²) >= 11 is 0. The minimum absolute atomic E-state index is 0.0557. The first-order valence-corrected chi connectivity index (χ1v) is 15.4. The van der Waals surface area contributed by atoms with Crippen LogP contribution >= 0.6 is 0 Å². The van der Waals surface area contributed by atoms with Crippen LogP contribution in [0.5, 0.6) is 0 Å². The molecule has 6 nitrogen and oxygen atoms in total. The largest absolute Gasteiger partial charge is 0.274 e. The molecule has 4 aromatic carbocycles. The molecule has 1 fully saturated rings. The molecule has 7 heteroatoms. The summed E-state index contributed by atoms with van der Waals surface area (Å²) in [6, 6.07) is 36.5. The molecule has 2 atom stereocenters. The van der Waals surface area contributed by atoms with Gasteiger partial charge in [0.25, 0.3) is 10.1 Å². The zero-order chi connectivity index (χ0) is 29.3. The van der Waals surface area contributed by atoms with E-state index in [2.05, 4.69) is 0 Å². The third-order valence-corrected chi connectivity index (χ3v) is 8.79. The Kier molecular flexibility index (Phi) is 7.68. The maximum absolute atomic E-state index is 14.7. The first-order valence-electron chi connectivity index (χ1n) is 13.5. The number of hydrogen-bond acceptors (Lipinski definition) is 5. The van der Waals surface area contributed by atoms with Crippen molar-refractivity contribution >= 4 is 21.9 Å². The highest BCUT2D eigenvalue weighted by atomic mass is 32.2. The van der Waals surface area contributed by atoms with Crippen molar-refractivity contribution in [2.45, 2.75) is 38.3 Å². The summed E-state index contributed by atoms with van der Waals surface area (Å²) in [7, 11) is -3.56. The van der Waals surface area contributed by atoms with Gasteiger partial charge in [0.15, 0.2) is 0 Å². The number of benzene rings is 4. The molecule has 210 valence electrons. The topological polar surface area (TPSA) is 80.8 Å². The molecule has 41 heavy (non-hydrogen) atoms. The number of amides is 2. The lowest BCUT2D eigenvalue weighted by molar-refractivity contribution is -0.146. The average Bonchev–Trinajstić information content (AvgIpc) is 3.22. The summed E-state index contributed by atoms with van der Waals surface area (Å²) < 4.78 is 27.7. The molecule has 0 aromatic heterocycles. The molecule has 0 saturated carbocycles. The second-order valence-electron chi connectivity index (χ2n) is 10.9. The molecule has 0 bridgehead atoms. The summed E-state index contributed by atoms with van der Waals surface area (Å²) in [5.74, 6) is -0.774. The van der Waals surface area contributed by atoms with Crippen LogP contribution in [0.25, 0.3) is 0 Å². The van der Waals surface area contributed by atoms with E-state index in [0.717, 1.165) is 28.5 Å². The van der Waals surface area contributed by atoms with Crippen LogP contribution in [0.4, 0.5) is 0 Å². The molecule has 2 amide bonds. The number of rotatable bonds is 9. The van der Waals surface area contributed by atoms with Crippen molar-refractivity contribution in [3.63, 3.8) is 0 Å². The van der Waals surface area contributed by atoms with Gasteiger partial charge in [-0.25, -0.2) is 0 Å². The first-order chi connectivity index (χ1) is 19.6. The van der Waals surface area contributed by atoms with Crippen LogP contribution in [0.2, 0.25) is 0 Å². The van der Waals surface area contributed by atoms with Gasteiger partial charge in [-0.05, 0) is 40.7 Å². The molecule has 0 aliphatic carbocycles. The Hall–Kier alpha value is -4.07. The molecule has 1 saturated heterocycles. The maximum atomic E-state index is 14.7. The highest BCUT2D eigenvalue weighted by Crippen LogP contribution is 2.52. The Morgan fingerprint density at radius 2 is 1.22 bits per heavy atom. The third-order valence-electron chi connectivity index (χ3n) is 8.24. The van der Waals surface area contributed by atoms with E-state index in [1.54, 1.807) is 12.1 Å². The minimum Gasteiger partial charge on any atom is -0.274 e. The quantitative estimate of drug-likeness (QED) is 0.140. The normalized spacial score (nSPS) is 18.5. The number of carbonyl (C=O) groups is 2. The fourth-order valence-corrected chi connectivity index (χ4v) is 6.24. The molecule has 0 unspecified atom stereocenters. The van der Waals surface area contributed by atoms with E-state index in [1.807, 2.05) is 117 Å². The lowest BCUT2D eigenvalue weighted by Crippen LogP contribution is -2.52. The van der Waals surface area contributed by atoms with Crippen molar-refractivity contribution < 1.29 is 22.2 Å². The van der Waals surface area contributed by atoms with Gasteiger partial charge in [0.05, 0.1) is 18.3 Å². The van der Waals surface area contributed by atoms with Gasteiger partial charge in [0.1, 0.15) is 5.54 Å². The van der Waals surface area contributed by atoms with Crippen LogP contribution in [0.1, 0.15) is 54.0 Å². The predicted molar refractivity (Wildman–Crippen MR) is 158 cm³/mol. The molecule has 0 radical (unpaired) electrons. The minimum atomic E-state index is -3.56. The summed E-state index contributed by atoms with van der Waals surface area (Å²) in [5, 5.41) is 0. The van der Waals surface area contributed by atoms with E-state index in [9.17, 15) is 18.0 Å². The van der Waals surface area contributed by atoms with Gasteiger partial charge in [-0.1, -0.05) is 122 Å². The summed E-state index contributed by atoms with van der Waals surface area (Å²) in [6.45, 7) is 3.76. The van der Waals surface area contributed by atoms with Crippen LogP contribution in [0.15, 0.2) is 115 Å². The number of nitrogens with zero attached hydrogens (tertiary/aromatic N) is 1. The summed E-state index contributed by atoms with van der Waals surface area (Å²) in [5.41, 5.74) is 1.88. The standard InChI is InChI=1S/C34H33NO5S/c1-25(27-21-19-26(20-22-27)24-40-41(3,38)39)33(2)23-31(36)35(32(33)37)34(28-13-7-4-8-14-28,29-15-9-5-10-16-29)30-17-11-6-12-18-30/h4-22,25H,23-24H2,1-3H3/t25-,33+/m1/s1. The Morgan fingerprint density at radius 3 is 1.63 bits per heavy atom. The van der Waals surface area contributed by atoms with E-state index < -0.39 is 21.1 Å². The Labute approximate surface area is 241 Å². The van der Waals surface area contributed by atoms with Gasteiger partial charge < -0.3 is 0 Å². The number of likely N-dealkylation sites (tertiary alicyclic amines) is 1. The average molecular weight is 568 g/mol. The van der Waals surface area contributed by atoms with E-state index in [-0.39, 0.29) is 30.8 Å². The molecule has 0 N–H and O–H groups in total. The fourth-order valence-electron chi connectivity index (χ4n) is 5.89. The highest BCUT2D eigenvalue weighted by molar-refractivity contribution is 7.85. The van der Waals surface area contributed by atoms with Crippen LogP contribution in [-0.4, -0.2) is 31.4 Å². The number of imide groups is 1. The van der Waals surface area contributed by atoms with E-state index >= 15 is 0 Å². The van der Waals surface area contributed by atoms with Crippen molar-refractivity contribution in [3.8, 4) is 0 Å². The van der Waals surface area contributed by atoms with Crippen molar-refractivity contribution in [3.05, 3.63) is 143 Å². The zero-order valence-electron chi connectivity index (χ0n) is 23.4. The van der Waals surface area contributed by atoms with E-state index in [4.69, 9.17) is 4.18 Å². The fraction of sp³-hybridized carbons (Fsp3) is 0.235. The van der Waals surface area contributed by atoms with E-state index in [0.29, 0.717) is 5.56 Å². The Bertz CT molecular complexity index is 1540. The first kappa shape index (κ1) is 28.5. The van der Waals surface area contributed by atoms with Gasteiger partial charge in [0, 0.05) is 6.42 Å². The van der Waals surface area contributed by atoms with Crippen molar-refractivity contribution in [2.24, 2.45) is 5.41 Å². The molecule has 1 heterocycles. The van der Waals surface area contributed by atoms with Gasteiger partial charge in [0.2, 0.25) is 11.8 Å². The van der Waals surface area contributed by atoms with Crippen molar-refractivity contribution in [2.75, 3.05) is 6.26 Å². The molecule has 0 spiro atoms. The van der Waals surface area contributed by atoms with Gasteiger partial charge in [-0.15, -0.1) is 0 Å². The molecule has 1 aliphatic rings. The molecular weight excluding hydrogens is 534 g/mol. The SMILES string of the molecule is C[C@H](c1ccc(COS(C)(=O)=O)cc1)[C@]1(C)CC(=O)N(C(c2ccccc2)(c2ccccc2)c2ccccc2)C1=O. The van der Waals surface area contributed by atoms with Crippen LogP contribution in [-0.2, 0) is 36.0 Å². The summed E-state index contributed by atoms with van der Waals surface area (Å²) in [4.78, 5) is 30.4. The Morgan fingerprint density at radius 1 is 0.780 bits per heavy atom. The molecule has 5 rings (SSSR count). The smallest absolute Gasteiger partial charge is 0.264 e. The predicted octanol–water partition coefficient (Wildman–Crippen LogP) is 6.02. The number of hydrogen-bond donors (Lipinski definition) is 0. The van der Waals surface area contributed by atoms with Crippen LogP contribution < -0.4 is 0 Å².